The average molecular weight is 221 g/mol. The molecule has 0 amide bonds. The van der Waals surface area contributed by atoms with Crippen LogP contribution in [-0.4, -0.2) is 6.10 Å². The van der Waals surface area contributed by atoms with Crippen LogP contribution in [0.3, 0.4) is 0 Å². The van der Waals surface area contributed by atoms with Crippen LogP contribution in [0.25, 0.3) is 0 Å². The summed E-state index contributed by atoms with van der Waals surface area (Å²) < 4.78 is 4.98. The highest BCUT2D eigenvalue weighted by Gasteiger charge is 2.18. The highest BCUT2D eigenvalue weighted by molar-refractivity contribution is 6.07. The topological polar surface area (TPSA) is 9.23 Å². The molecule has 0 rings (SSSR count). The Hall–Kier alpha value is 0.250. The van der Waals surface area contributed by atoms with E-state index in [9.17, 15) is 0 Å². The third-order valence-electron chi connectivity index (χ3n) is 2.35. The van der Waals surface area contributed by atoms with Gasteiger partial charge < -0.3 is 0 Å². The maximum atomic E-state index is 5.49. The van der Waals surface area contributed by atoms with Crippen LogP contribution in [0.4, 0.5) is 0 Å². The van der Waals surface area contributed by atoms with E-state index in [1.165, 1.54) is 25.7 Å². The Kier molecular flexibility index (Phi) is 7.66. The van der Waals surface area contributed by atoms with Crippen molar-refractivity contribution >= 4 is 11.9 Å². The van der Waals surface area contributed by atoms with Crippen LogP contribution >= 0.6 is 11.9 Å². The number of halogens is 1. The fourth-order valence-corrected chi connectivity index (χ4v) is 1.81. The highest BCUT2D eigenvalue weighted by atomic mass is 35.5. The molecule has 1 unspecified atom stereocenters. The van der Waals surface area contributed by atoms with Crippen molar-refractivity contribution in [3.8, 4) is 0 Å². The second-order valence-corrected chi connectivity index (χ2v) is 5.50. The smallest absolute Gasteiger partial charge is 0.0795 e. The largest absolute Gasteiger partial charge is 0.276 e. The second kappa shape index (κ2) is 7.53. The van der Waals surface area contributed by atoms with Crippen molar-refractivity contribution in [1.29, 1.82) is 0 Å². The number of hydrogen-bond acceptors (Lipinski definition) is 1. The predicted molar refractivity (Wildman–Crippen MR) is 63.6 cm³/mol. The van der Waals surface area contributed by atoms with Crippen LogP contribution < -0.4 is 0 Å². The van der Waals surface area contributed by atoms with Crippen molar-refractivity contribution in [3.63, 3.8) is 0 Å². The molecule has 2 heteroatoms. The molecule has 0 N–H and O–H groups in total. The lowest BCUT2D eigenvalue weighted by Gasteiger charge is -2.23. The fourth-order valence-electron chi connectivity index (χ4n) is 1.66. The van der Waals surface area contributed by atoms with E-state index < -0.39 is 0 Å². The molecule has 14 heavy (non-hydrogen) atoms. The van der Waals surface area contributed by atoms with E-state index in [1.54, 1.807) is 0 Å². The Morgan fingerprint density at radius 1 is 1.14 bits per heavy atom. The lowest BCUT2D eigenvalue weighted by Crippen LogP contribution is -2.18. The Morgan fingerprint density at radius 2 is 1.79 bits per heavy atom. The van der Waals surface area contributed by atoms with Crippen LogP contribution in [0.5, 0.6) is 0 Å². The summed E-state index contributed by atoms with van der Waals surface area (Å²) in [6.45, 7) is 8.90. The molecular weight excluding hydrogens is 196 g/mol. The molecule has 0 aromatic carbocycles. The summed E-state index contributed by atoms with van der Waals surface area (Å²) in [5.74, 6) is 0. The standard InChI is InChI=1S/C12H25ClO/c1-5-6-7-8-9-11(14-13)10-12(2,3)4/h11H,5-10H2,1-4H3. The van der Waals surface area contributed by atoms with Crippen molar-refractivity contribution in [2.45, 2.75) is 72.3 Å². The summed E-state index contributed by atoms with van der Waals surface area (Å²) in [6.07, 6.45) is 7.52. The van der Waals surface area contributed by atoms with Crippen molar-refractivity contribution < 1.29 is 4.29 Å². The average Bonchev–Trinajstić information content (AvgIpc) is 2.08. The van der Waals surface area contributed by atoms with Gasteiger partial charge in [0.25, 0.3) is 0 Å². The van der Waals surface area contributed by atoms with Gasteiger partial charge in [0, 0.05) is 0 Å². The van der Waals surface area contributed by atoms with Gasteiger partial charge in [-0.1, -0.05) is 53.4 Å². The van der Waals surface area contributed by atoms with Crippen LogP contribution in [0, 0.1) is 5.41 Å². The molecule has 0 fully saturated rings. The highest BCUT2D eigenvalue weighted by Crippen LogP contribution is 2.25. The van der Waals surface area contributed by atoms with Gasteiger partial charge in [-0.25, -0.2) is 0 Å². The molecule has 0 aliphatic carbocycles. The third kappa shape index (κ3) is 8.83. The fraction of sp³-hybridized carbons (Fsp3) is 1.00. The van der Waals surface area contributed by atoms with E-state index in [2.05, 4.69) is 27.7 Å². The first-order chi connectivity index (χ1) is 6.49. The van der Waals surface area contributed by atoms with E-state index in [-0.39, 0.29) is 6.10 Å². The first kappa shape index (κ1) is 14.2. The first-order valence-corrected chi connectivity index (χ1v) is 6.08. The zero-order valence-electron chi connectivity index (χ0n) is 10.1. The Bertz CT molecular complexity index is 129. The van der Waals surface area contributed by atoms with Crippen molar-refractivity contribution in [2.75, 3.05) is 0 Å². The summed E-state index contributed by atoms with van der Waals surface area (Å²) in [4.78, 5) is 0. The van der Waals surface area contributed by atoms with Gasteiger partial charge in [0.05, 0.1) is 18.0 Å². The molecule has 1 nitrogen and oxygen atoms in total. The van der Waals surface area contributed by atoms with E-state index >= 15 is 0 Å². The van der Waals surface area contributed by atoms with Gasteiger partial charge in [0.2, 0.25) is 0 Å². The molecule has 1 atom stereocenters. The monoisotopic (exact) mass is 220 g/mol. The summed E-state index contributed by atoms with van der Waals surface area (Å²) >= 11 is 5.49. The molecule has 86 valence electrons. The molecule has 0 saturated heterocycles. The molecule has 0 bridgehead atoms. The van der Waals surface area contributed by atoms with Crippen molar-refractivity contribution in [3.05, 3.63) is 0 Å². The summed E-state index contributed by atoms with van der Waals surface area (Å²) in [6, 6.07) is 0. The quantitative estimate of drug-likeness (QED) is 0.553. The predicted octanol–water partition coefficient (Wildman–Crippen LogP) is 4.93. The maximum Gasteiger partial charge on any atom is 0.0795 e. The van der Waals surface area contributed by atoms with Crippen molar-refractivity contribution in [2.24, 2.45) is 5.41 Å². The van der Waals surface area contributed by atoms with E-state index in [0.717, 1.165) is 12.8 Å². The van der Waals surface area contributed by atoms with Crippen molar-refractivity contribution in [1.82, 2.24) is 0 Å². The van der Waals surface area contributed by atoms with Crippen LogP contribution in [0.1, 0.15) is 66.2 Å². The van der Waals surface area contributed by atoms with Gasteiger partial charge in [-0.3, -0.25) is 4.29 Å². The maximum absolute atomic E-state index is 5.49. The SMILES string of the molecule is CCCCCCC(CC(C)(C)C)OCl. The van der Waals surface area contributed by atoms with Crippen LogP contribution in [-0.2, 0) is 4.29 Å². The lowest BCUT2D eigenvalue weighted by molar-refractivity contribution is 0.145. The third-order valence-corrected chi connectivity index (χ3v) is 2.60. The second-order valence-electron chi connectivity index (χ2n) is 5.33. The van der Waals surface area contributed by atoms with Gasteiger partial charge in [-0.2, -0.15) is 0 Å². The molecule has 0 saturated carbocycles. The minimum atomic E-state index is 0.230. The Labute approximate surface area is 94.3 Å². The van der Waals surface area contributed by atoms with Gasteiger partial charge in [-0.15, -0.1) is 0 Å². The molecular formula is C12H25ClO. The van der Waals surface area contributed by atoms with Crippen LogP contribution in [0.2, 0.25) is 0 Å². The molecule has 0 radical (unpaired) electrons. The zero-order chi connectivity index (χ0) is 11.0. The Morgan fingerprint density at radius 3 is 2.21 bits per heavy atom. The number of hydrogen-bond donors (Lipinski definition) is 0. The minimum absolute atomic E-state index is 0.230. The summed E-state index contributed by atoms with van der Waals surface area (Å²) in [5, 5.41) is 0. The van der Waals surface area contributed by atoms with Gasteiger partial charge in [0.1, 0.15) is 0 Å². The van der Waals surface area contributed by atoms with Gasteiger partial charge >= 0.3 is 0 Å². The van der Waals surface area contributed by atoms with E-state index in [0.29, 0.717) is 5.41 Å². The first-order valence-electron chi connectivity index (χ1n) is 5.77. The summed E-state index contributed by atoms with van der Waals surface area (Å²) in [7, 11) is 0. The molecule has 0 aliphatic rings. The number of rotatable bonds is 7. The lowest BCUT2D eigenvalue weighted by atomic mass is 9.87. The minimum Gasteiger partial charge on any atom is -0.276 e. The normalized spacial score (nSPS) is 14.4. The summed E-state index contributed by atoms with van der Waals surface area (Å²) in [5.41, 5.74) is 0.310. The van der Waals surface area contributed by atoms with E-state index in [1.807, 2.05) is 0 Å². The molecule has 0 aromatic heterocycles. The van der Waals surface area contributed by atoms with Gasteiger partial charge in [-0.05, 0) is 18.3 Å². The molecule has 0 aliphatic heterocycles. The molecule has 0 aromatic rings. The number of unbranched alkanes of at least 4 members (excludes halogenated alkanes) is 3. The van der Waals surface area contributed by atoms with E-state index in [4.69, 9.17) is 16.2 Å². The molecule has 0 heterocycles. The Balaban J connectivity index is 3.58. The molecule has 0 spiro atoms. The van der Waals surface area contributed by atoms with Gasteiger partial charge in [0.15, 0.2) is 0 Å². The van der Waals surface area contributed by atoms with Crippen LogP contribution in [0.15, 0.2) is 0 Å². The zero-order valence-corrected chi connectivity index (χ0v) is 10.9.